The second-order valence-electron chi connectivity index (χ2n) is 5.13. The third kappa shape index (κ3) is 3.59. The van der Waals surface area contributed by atoms with Gasteiger partial charge in [0, 0.05) is 19.1 Å². The second-order valence-corrected chi connectivity index (χ2v) is 7.44. The Hall–Kier alpha value is -1.31. The van der Waals surface area contributed by atoms with Gasteiger partial charge in [-0.15, -0.1) is 0 Å². The first-order chi connectivity index (χ1) is 8.87. The van der Waals surface area contributed by atoms with Crippen LogP contribution in [0.4, 0.5) is 4.79 Å². The minimum absolute atomic E-state index is 0.00282. The summed E-state index contributed by atoms with van der Waals surface area (Å²) in [6, 6.07) is -0.405. The van der Waals surface area contributed by atoms with Gasteiger partial charge in [0.15, 0.2) is 9.84 Å². The number of nitrogens with zero attached hydrogens (tertiary/aromatic N) is 1. The molecule has 8 heteroatoms. The molecule has 1 heterocycles. The number of carbonyl (C=O) groups excluding carboxylic acids is 1. The number of carboxylic acid groups (broad SMARTS) is 1. The van der Waals surface area contributed by atoms with Crippen LogP contribution in [0, 0.1) is 5.92 Å². The third-order valence-electron chi connectivity index (χ3n) is 3.74. The molecule has 1 aliphatic carbocycles. The lowest BCUT2D eigenvalue weighted by Gasteiger charge is -2.28. The topological polar surface area (TPSA) is 104 Å². The zero-order valence-corrected chi connectivity index (χ0v) is 11.4. The van der Waals surface area contributed by atoms with E-state index in [0.717, 1.165) is 0 Å². The molecule has 0 radical (unpaired) electrons. The molecule has 7 nitrogen and oxygen atoms in total. The first-order valence-corrected chi connectivity index (χ1v) is 8.18. The SMILES string of the molecule is O=C(O)C1CCC(NC(=O)N2CCS(=O)(=O)CC2)C1. The zero-order chi connectivity index (χ0) is 14.0. The highest BCUT2D eigenvalue weighted by Gasteiger charge is 2.32. The maximum absolute atomic E-state index is 11.9. The number of nitrogens with one attached hydrogen (secondary N) is 1. The maximum atomic E-state index is 11.9. The molecule has 2 unspecified atom stereocenters. The second kappa shape index (κ2) is 5.36. The Morgan fingerprint density at radius 1 is 1.16 bits per heavy atom. The van der Waals surface area contributed by atoms with Crippen molar-refractivity contribution in [3.63, 3.8) is 0 Å². The summed E-state index contributed by atoms with van der Waals surface area (Å²) in [7, 11) is -3.00. The number of aliphatic carboxylic acids is 1. The average molecular weight is 290 g/mol. The minimum Gasteiger partial charge on any atom is -0.481 e. The van der Waals surface area contributed by atoms with Crippen molar-refractivity contribution in [3.8, 4) is 0 Å². The zero-order valence-electron chi connectivity index (χ0n) is 10.5. The van der Waals surface area contributed by atoms with E-state index in [1.165, 1.54) is 4.90 Å². The molecule has 0 spiro atoms. The first-order valence-electron chi connectivity index (χ1n) is 6.36. The molecule has 108 valence electrons. The van der Waals surface area contributed by atoms with Crippen LogP contribution in [-0.2, 0) is 14.6 Å². The summed E-state index contributed by atoms with van der Waals surface area (Å²) in [6.45, 7) is 0.423. The van der Waals surface area contributed by atoms with Gasteiger partial charge in [-0.05, 0) is 19.3 Å². The number of rotatable bonds is 2. The highest BCUT2D eigenvalue weighted by Crippen LogP contribution is 2.25. The summed E-state index contributed by atoms with van der Waals surface area (Å²) in [4.78, 5) is 24.2. The Kier molecular flexibility index (Phi) is 3.98. The van der Waals surface area contributed by atoms with Gasteiger partial charge >= 0.3 is 12.0 Å². The molecule has 1 saturated heterocycles. The highest BCUT2D eigenvalue weighted by atomic mass is 32.2. The van der Waals surface area contributed by atoms with Gasteiger partial charge in [-0.3, -0.25) is 4.79 Å². The monoisotopic (exact) mass is 290 g/mol. The molecule has 2 amide bonds. The summed E-state index contributed by atoms with van der Waals surface area (Å²) in [5.41, 5.74) is 0. The molecular weight excluding hydrogens is 272 g/mol. The quantitative estimate of drug-likeness (QED) is 0.725. The number of carbonyl (C=O) groups is 2. The molecule has 2 rings (SSSR count). The number of hydrogen-bond donors (Lipinski definition) is 2. The van der Waals surface area contributed by atoms with Gasteiger partial charge in [0.2, 0.25) is 0 Å². The van der Waals surface area contributed by atoms with Gasteiger partial charge in [0.25, 0.3) is 0 Å². The van der Waals surface area contributed by atoms with E-state index < -0.39 is 15.8 Å². The van der Waals surface area contributed by atoms with E-state index in [1.807, 2.05) is 0 Å². The maximum Gasteiger partial charge on any atom is 0.317 e. The van der Waals surface area contributed by atoms with Crippen LogP contribution in [0.3, 0.4) is 0 Å². The molecule has 0 bridgehead atoms. The predicted molar refractivity (Wildman–Crippen MR) is 67.5 cm³/mol. The molecule has 0 aromatic heterocycles. The van der Waals surface area contributed by atoms with Crippen LogP contribution in [0.5, 0.6) is 0 Å². The molecule has 0 aromatic rings. The van der Waals surface area contributed by atoms with Gasteiger partial charge in [-0.25, -0.2) is 13.2 Å². The van der Waals surface area contributed by atoms with Gasteiger partial charge in [-0.1, -0.05) is 0 Å². The van der Waals surface area contributed by atoms with Crippen molar-refractivity contribution >= 4 is 21.8 Å². The van der Waals surface area contributed by atoms with E-state index in [4.69, 9.17) is 5.11 Å². The van der Waals surface area contributed by atoms with Crippen LogP contribution in [0.2, 0.25) is 0 Å². The van der Waals surface area contributed by atoms with Gasteiger partial charge in [-0.2, -0.15) is 0 Å². The number of urea groups is 1. The lowest BCUT2D eigenvalue weighted by molar-refractivity contribution is -0.141. The standard InChI is InChI=1S/C11H18N2O5S/c14-10(15)8-1-2-9(7-8)12-11(16)13-3-5-19(17,18)6-4-13/h8-9H,1-7H2,(H,12,16)(H,14,15). The van der Waals surface area contributed by atoms with Crippen molar-refractivity contribution in [2.45, 2.75) is 25.3 Å². The normalized spacial score (nSPS) is 30.0. The van der Waals surface area contributed by atoms with E-state index >= 15 is 0 Å². The van der Waals surface area contributed by atoms with E-state index in [2.05, 4.69) is 5.32 Å². The smallest absolute Gasteiger partial charge is 0.317 e. The van der Waals surface area contributed by atoms with Crippen molar-refractivity contribution in [1.82, 2.24) is 10.2 Å². The molecular formula is C11H18N2O5S. The molecule has 2 atom stereocenters. The van der Waals surface area contributed by atoms with Crippen LogP contribution in [0.1, 0.15) is 19.3 Å². The first kappa shape index (κ1) is 14.1. The number of carboxylic acids is 1. The van der Waals surface area contributed by atoms with Gasteiger partial charge < -0.3 is 15.3 Å². The van der Waals surface area contributed by atoms with Crippen LogP contribution in [0.15, 0.2) is 0 Å². The summed E-state index contributed by atoms with van der Waals surface area (Å²) < 4.78 is 22.5. The summed E-state index contributed by atoms with van der Waals surface area (Å²) in [6.07, 6.45) is 1.69. The lowest BCUT2D eigenvalue weighted by atomic mass is 10.1. The van der Waals surface area contributed by atoms with Crippen LogP contribution < -0.4 is 5.32 Å². The summed E-state index contributed by atoms with van der Waals surface area (Å²) in [5.74, 6) is -1.20. The third-order valence-corrected chi connectivity index (χ3v) is 5.35. The Morgan fingerprint density at radius 2 is 1.79 bits per heavy atom. The van der Waals surface area contributed by atoms with E-state index in [-0.39, 0.29) is 42.6 Å². The minimum atomic E-state index is -3.00. The largest absolute Gasteiger partial charge is 0.481 e. The van der Waals surface area contributed by atoms with E-state index in [9.17, 15) is 18.0 Å². The predicted octanol–water partition coefficient (Wildman–Crippen LogP) is -0.320. The molecule has 2 fully saturated rings. The number of sulfone groups is 1. The fourth-order valence-corrected chi connectivity index (χ4v) is 3.72. The fourth-order valence-electron chi connectivity index (χ4n) is 2.52. The average Bonchev–Trinajstić information content (AvgIpc) is 2.77. The van der Waals surface area contributed by atoms with Crippen molar-refractivity contribution in [2.24, 2.45) is 5.92 Å². The molecule has 0 aromatic carbocycles. The van der Waals surface area contributed by atoms with Crippen LogP contribution in [-0.4, -0.2) is 61.1 Å². The summed E-state index contributed by atoms with van der Waals surface area (Å²) >= 11 is 0. The molecule has 2 N–H and O–H groups in total. The van der Waals surface area contributed by atoms with Crippen molar-refractivity contribution in [1.29, 1.82) is 0 Å². The fraction of sp³-hybridized carbons (Fsp3) is 0.818. The number of amides is 2. The molecule has 1 saturated carbocycles. The Labute approximate surface area is 111 Å². The van der Waals surface area contributed by atoms with E-state index in [1.54, 1.807) is 0 Å². The Morgan fingerprint density at radius 3 is 2.32 bits per heavy atom. The lowest BCUT2D eigenvalue weighted by Crippen LogP contribution is -2.50. The van der Waals surface area contributed by atoms with Crippen molar-refractivity contribution in [3.05, 3.63) is 0 Å². The Balaban J connectivity index is 1.81. The van der Waals surface area contributed by atoms with Crippen LogP contribution >= 0.6 is 0 Å². The van der Waals surface area contributed by atoms with Crippen molar-refractivity contribution in [2.75, 3.05) is 24.6 Å². The van der Waals surface area contributed by atoms with Crippen molar-refractivity contribution < 1.29 is 23.1 Å². The van der Waals surface area contributed by atoms with Gasteiger partial charge in [0.05, 0.1) is 17.4 Å². The van der Waals surface area contributed by atoms with Crippen LogP contribution in [0.25, 0.3) is 0 Å². The number of hydrogen-bond acceptors (Lipinski definition) is 4. The molecule has 1 aliphatic heterocycles. The highest BCUT2D eigenvalue weighted by molar-refractivity contribution is 7.91. The van der Waals surface area contributed by atoms with Gasteiger partial charge in [0.1, 0.15) is 0 Å². The van der Waals surface area contributed by atoms with E-state index in [0.29, 0.717) is 19.3 Å². The molecule has 2 aliphatic rings. The molecule has 19 heavy (non-hydrogen) atoms. The Bertz CT molecular complexity index is 461. The summed E-state index contributed by atoms with van der Waals surface area (Å²) in [5, 5.41) is 11.7.